The Morgan fingerprint density at radius 1 is 1.07 bits per heavy atom. The van der Waals surface area contributed by atoms with E-state index in [1.54, 1.807) is 37.3 Å². The third-order valence-electron chi connectivity index (χ3n) is 5.22. The van der Waals surface area contributed by atoms with E-state index >= 15 is 0 Å². The van der Waals surface area contributed by atoms with E-state index in [9.17, 15) is 14.4 Å². The average Bonchev–Trinajstić information content (AvgIpc) is 3.22. The summed E-state index contributed by atoms with van der Waals surface area (Å²) in [6, 6.07) is 11.4. The minimum atomic E-state index is -1.05. The van der Waals surface area contributed by atoms with Gasteiger partial charge in [-0.2, -0.15) is 5.10 Å². The Labute approximate surface area is 172 Å². The molecule has 2 heterocycles. The van der Waals surface area contributed by atoms with Crippen LogP contribution in [0.3, 0.4) is 0 Å². The fraction of sp³-hybridized carbons (Fsp3) is 0.238. The predicted molar refractivity (Wildman–Crippen MR) is 109 cm³/mol. The smallest absolute Gasteiger partial charge is 0.355 e. The lowest BCUT2D eigenvalue weighted by molar-refractivity contribution is -0.133. The summed E-state index contributed by atoms with van der Waals surface area (Å²) in [7, 11) is 1.22. The normalized spacial score (nSPS) is 20.8. The number of anilines is 2. The number of benzene rings is 2. The first-order chi connectivity index (χ1) is 13.8. The molecule has 0 spiro atoms. The zero-order chi connectivity index (χ0) is 20.9. The molecule has 1 fully saturated rings. The second-order valence-corrected chi connectivity index (χ2v) is 7.38. The largest absolute Gasteiger partial charge is 0.464 e. The van der Waals surface area contributed by atoms with Gasteiger partial charge in [0, 0.05) is 5.02 Å². The van der Waals surface area contributed by atoms with Crippen LogP contribution in [0.15, 0.2) is 47.6 Å². The molecule has 1 saturated heterocycles. The summed E-state index contributed by atoms with van der Waals surface area (Å²) in [5.41, 5.74) is 2.56. The molecule has 2 aliphatic heterocycles. The Bertz CT molecular complexity index is 1060. The number of hydrogen-bond donors (Lipinski definition) is 0. The molecule has 0 unspecified atom stereocenters. The summed E-state index contributed by atoms with van der Waals surface area (Å²) >= 11 is 6.19. The minimum Gasteiger partial charge on any atom is -0.464 e. The first-order valence-corrected chi connectivity index (χ1v) is 9.38. The van der Waals surface area contributed by atoms with Crippen molar-refractivity contribution in [3.63, 3.8) is 0 Å². The van der Waals surface area contributed by atoms with Crippen LogP contribution in [0.2, 0.25) is 5.02 Å². The molecule has 148 valence electrons. The Kier molecular flexibility index (Phi) is 4.62. The van der Waals surface area contributed by atoms with Gasteiger partial charge in [-0.05, 0) is 43.7 Å². The summed E-state index contributed by atoms with van der Waals surface area (Å²) in [6.07, 6.45) is 0. The maximum Gasteiger partial charge on any atom is 0.355 e. The van der Waals surface area contributed by atoms with E-state index in [0.717, 1.165) is 10.5 Å². The van der Waals surface area contributed by atoms with Gasteiger partial charge in [0.2, 0.25) is 5.91 Å². The number of hydrazone groups is 1. The highest BCUT2D eigenvalue weighted by atomic mass is 35.5. The van der Waals surface area contributed by atoms with E-state index in [1.165, 1.54) is 12.1 Å². The number of fused-ring (bicyclic) bond motifs is 1. The van der Waals surface area contributed by atoms with Crippen LogP contribution in [-0.4, -0.2) is 36.6 Å². The molecule has 0 saturated carbocycles. The lowest BCUT2D eigenvalue weighted by Gasteiger charge is -2.23. The molecule has 0 radical (unpaired) electrons. The Hall–Kier alpha value is -3.19. The van der Waals surface area contributed by atoms with Crippen LogP contribution < -0.4 is 9.91 Å². The van der Waals surface area contributed by atoms with E-state index in [2.05, 4.69) is 5.10 Å². The molecule has 2 aliphatic rings. The van der Waals surface area contributed by atoms with Crippen molar-refractivity contribution in [1.29, 1.82) is 0 Å². The number of rotatable bonds is 3. The highest BCUT2D eigenvalue weighted by Gasteiger charge is 2.59. The number of imide groups is 1. The fourth-order valence-electron chi connectivity index (χ4n) is 3.67. The second-order valence-electron chi connectivity index (χ2n) is 6.98. The van der Waals surface area contributed by atoms with Gasteiger partial charge in [0.15, 0.2) is 5.71 Å². The van der Waals surface area contributed by atoms with Crippen LogP contribution in [0.4, 0.5) is 11.4 Å². The number of aryl methyl sites for hydroxylation is 1. The fourth-order valence-corrected chi connectivity index (χ4v) is 3.84. The van der Waals surface area contributed by atoms with Crippen molar-refractivity contribution < 1.29 is 19.1 Å². The minimum absolute atomic E-state index is 0.0846. The summed E-state index contributed by atoms with van der Waals surface area (Å²) in [5.74, 6) is -2.77. The Morgan fingerprint density at radius 3 is 2.41 bits per heavy atom. The summed E-state index contributed by atoms with van der Waals surface area (Å²) in [6.45, 7) is 3.67. The lowest BCUT2D eigenvalue weighted by atomic mass is 9.97. The van der Waals surface area contributed by atoms with Gasteiger partial charge in [0.25, 0.3) is 5.91 Å². The van der Waals surface area contributed by atoms with Gasteiger partial charge < -0.3 is 4.74 Å². The van der Waals surface area contributed by atoms with E-state index in [4.69, 9.17) is 16.3 Å². The molecule has 0 N–H and O–H groups in total. The number of ether oxygens (including phenoxy) is 1. The SMILES string of the molecule is COC(=O)C1=NN(c2ccc(C)cc2)[C@H]2C(=O)N(c3cccc(Cl)c3C)C(=O)[C@@H]12. The van der Waals surface area contributed by atoms with Gasteiger partial charge in [-0.3, -0.25) is 14.6 Å². The number of hydrogen-bond acceptors (Lipinski definition) is 6. The molecule has 29 heavy (non-hydrogen) atoms. The molecule has 0 aliphatic carbocycles. The Morgan fingerprint density at radius 2 is 1.76 bits per heavy atom. The van der Waals surface area contributed by atoms with Crippen molar-refractivity contribution in [3.05, 3.63) is 58.6 Å². The van der Waals surface area contributed by atoms with Crippen molar-refractivity contribution >= 4 is 46.5 Å². The molecule has 0 aromatic heterocycles. The van der Waals surface area contributed by atoms with Gasteiger partial charge in [-0.15, -0.1) is 0 Å². The monoisotopic (exact) mass is 411 g/mol. The molecule has 8 heteroatoms. The number of carbonyl (C=O) groups is 3. The predicted octanol–water partition coefficient (Wildman–Crippen LogP) is 2.86. The number of nitrogens with zero attached hydrogens (tertiary/aromatic N) is 3. The second kappa shape index (κ2) is 7.00. The quantitative estimate of drug-likeness (QED) is 0.573. The van der Waals surface area contributed by atoms with Gasteiger partial charge in [-0.1, -0.05) is 35.4 Å². The van der Waals surface area contributed by atoms with Crippen LogP contribution in [0.5, 0.6) is 0 Å². The van der Waals surface area contributed by atoms with Crippen molar-refractivity contribution in [2.24, 2.45) is 11.0 Å². The van der Waals surface area contributed by atoms with Gasteiger partial charge >= 0.3 is 5.97 Å². The van der Waals surface area contributed by atoms with E-state index in [-0.39, 0.29) is 5.71 Å². The number of carbonyl (C=O) groups excluding carboxylic acids is 3. The van der Waals surface area contributed by atoms with Crippen LogP contribution in [-0.2, 0) is 19.1 Å². The van der Waals surface area contributed by atoms with Crippen molar-refractivity contribution in [2.75, 3.05) is 17.0 Å². The number of halogens is 1. The molecular formula is C21H18ClN3O4. The van der Waals surface area contributed by atoms with Crippen LogP contribution in [0, 0.1) is 19.8 Å². The summed E-state index contributed by atoms with van der Waals surface area (Å²) in [4.78, 5) is 40.0. The highest BCUT2D eigenvalue weighted by Crippen LogP contribution is 2.39. The van der Waals surface area contributed by atoms with Crippen molar-refractivity contribution in [3.8, 4) is 0 Å². The average molecular weight is 412 g/mol. The molecule has 7 nitrogen and oxygen atoms in total. The van der Waals surface area contributed by atoms with Crippen molar-refractivity contribution in [1.82, 2.24) is 0 Å². The highest BCUT2D eigenvalue weighted by molar-refractivity contribution is 6.47. The first kappa shape index (κ1) is 19.1. The third-order valence-corrected chi connectivity index (χ3v) is 5.63. The van der Waals surface area contributed by atoms with Gasteiger partial charge in [-0.25, -0.2) is 9.69 Å². The van der Waals surface area contributed by atoms with Gasteiger partial charge in [0.1, 0.15) is 12.0 Å². The molecule has 4 rings (SSSR count). The molecule has 0 bridgehead atoms. The number of esters is 1. The van der Waals surface area contributed by atoms with Gasteiger partial charge in [0.05, 0.1) is 18.5 Å². The summed E-state index contributed by atoms with van der Waals surface area (Å²) < 4.78 is 4.81. The van der Waals surface area contributed by atoms with Crippen LogP contribution >= 0.6 is 11.6 Å². The number of methoxy groups -OCH3 is 1. The van der Waals surface area contributed by atoms with E-state index < -0.39 is 29.7 Å². The third kappa shape index (κ3) is 2.89. The molecule has 2 aromatic rings. The molecular weight excluding hydrogens is 394 g/mol. The maximum atomic E-state index is 13.4. The Balaban J connectivity index is 1.83. The standard InChI is InChI=1S/C21H18ClN3O4/c1-11-7-9-13(10-8-11)25-18-16(17(23-25)21(28)29-3)19(26)24(20(18)27)15-6-4-5-14(22)12(15)2/h4-10,16,18H,1-3H3/t16-,18+/m0/s1. The molecule has 2 amide bonds. The van der Waals surface area contributed by atoms with Crippen LogP contribution in [0.25, 0.3) is 0 Å². The van der Waals surface area contributed by atoms with Crippen LogP contribution in [0.1, 0.15) is 11.1 Å². The topological polar surface area (TPSA) is 79.3 Å². The molecule has 2 aromatic carbocycles. The lowest BCUT2D eigenvalue weighted by Crippen LogP contribution is -2.39. The summed E-state index contributed by atoms with van der Waals surface area (Å²) in [5, 5.41) is 6.16. The van der Waals surface area contributed by atoms with E-state index in [0.29, 0.717) is 22.0 Å². The van der Waals surface area contributed by atoms with E-state index in [1.807, 2.05) is 19.1 Å². The zero-order valence-electron chi connectivity index (χ0n) is 16.0. The number of amides is 2. The van der Waals surface area contributed by atoms with Crippen molar-refractivity contribution in [2.45, 2.75) is 19.9 Å². The molecule has 2 atom stereocenters. The first-order valence-electron chi connectivity index (χ1n) is 9.00. The zero-order valence-corrected chi connectivity index (χ0v) is 16.8. The maximum absolute atomic E-state index is 13.4.